The van der Waals surface area contributed by atoms with Crippen molar-refractivity contribution in [2.24, 2.45) is 0 Å². The fourth-order valence-corrected chi connectivity index (χ4v) is 3.58. The molecule has 1 fully saturated rings. The van der Waals surface area contributed by atoms with Gasteiger partial charge in [-0.1, -0.05) is 18.6 Å². The minimum Gasteiger partial charge on any atom is -0.368 e. The number of hydrogen-bond acceptors (Lipinski definition) is 6. The van der Waals surface area contributed by atoms with Crippen molar-refractivity contribution in [2.45, 2.75) is 51.9 Å². The highest BCUT2D eigenvalue weighted by atomic mass is 16.5. The van der Waals surface area contributed by atoms with Crippen molar-refractivity contribution in [1.29, 1.82) is 0 Å². The predicted molar refractivity (Wildman–Crippen MR) is 85.2 cm³/mol. The molecule has 0 N–H and O–H groups in total. The highest BCUT2D eigenvalue weighted by Crippen LogP contribution is 2.33. The quantitative estimate of drug-likeness (QED) is 0.858. The van der Waals surface area contributed by atoms with Gasteiger partial charge in [0.1, 0.15) is 11.6 Å². The second-order valence-electron chi connectivity index (χ2n) is 6.34. The number of aryl methyl sites for hydroxylation is 2. The maximum atomic E-state index is 6.06. The van der Waals surface area contributed by atoms with Crippen LogP contribution in [0, 0.1) is 6.92 Å². The fourth-order valence-electron chi connectivity index (χ4n) is 3.58. The van der Waals surface area contributed by atoms with Crippen LogP contribution in [-0.2, 0) is 17.8 Å². The molecule has 2 aliphatic rings. The lowest BCUT2D eigenvalue weighted by Crippen LogP contribution is -2.49. The van der Waals surface area contributed by atoms with Gasteiger partial charge in [0.05, 0.1) is 30.6 Å². The Morgan fingerprint density at radius 3 is 3.13 bits per heavy atom. The number of ether oxygens (including phenoxy) is 1. The lowest BCUT2D eigenvalue weighted by molar-refractivity contribution is -0.0335. The van der Waals surface area contributed by atoms with Crippen molar-refractivity contribution in [3.63, 3.8) is 0 Å². The van der Waals surface area contributed by atoms with Crippen molar-refractivity contribution in [3.8, 4) is 0 Å². The van der Waals surface area contributed by atoms with Crippen molar-refractivity contribution in [1.82, 2.24) is 25.0 Å². The average molecular weight is 314 g/mol. The van der Waals surface area contributed by atoms with E-state index in [1.165, 1.54) is 5.56 Å². The van der Waals surface area contributed by atoms with Crippen LogP contribution >= 0.6 is 0 Å². The van der Waals surface area contributed by atoms with Gasteiger partial charge >= 0.3 is 0 Å². The minimum absolute atomic E-state index is 0.141. The van der Waals surface area contributed by atoms with E-state index in [9.17, 15) is 0 Å². The highest BCUT2D eigenvalue weighted by Gasteiger charge is 2.37. The summed E-state index contributed by atoms with van der Waals surface area (Å²) in [6, 6.07) is 0.287. The molecule has 2 atom stereocenters. The Hall–Kier alpha value is -2.02. The maximum Gasteiger partial charge on any atom is 0.135 e. The lowest BCUT2D eigenvalue weighted by atomic mass is 9.99. The summed E-state index contributed by atoms with van der Waals surface area (Å²) in [7, 11) is 0. The summed E-state index contributed by atoms with van der Waals surface area (Å²) in [6.07, 6.45) is 7.02. The second-order valence-corrected chi connectivity index (χ2v) is 6.34. The maximum absolute atomic E-state index is 6.06. The number of hydrogen-bond donors (Lipinski definition) is 0. The summed E-state index contributed by atoms with van der Waals surface area (Å²) in [5.41, 5.74) is 2.30. The SMILES string of the molecule is CCCc1cnc(C)nc1N1CC[C@H]2[C@H](C1)OCc1cnnn12. The minimum atomic E-state index is 0.141. The third-order valence-corrected chi connectivity index (χ3v) is 4.71. The molecular formula is C16H22N6O. The van der Waals surface area contributed by atoms with E-state index in [2.05, 4.69) is 27.1 Å². The number of anilines is 1. The van der Waals surface area contributed by atoms with Crippen LogP contribution in [-0.4, -0.2) is 44.2 Å². The summed E-state index contributed by atoms with van der Waals surface area (Å²) in [5.74, 6) is 1.90. The smallest absolute Gasteiger partial charge is 0.135 e. The second kappa shape index (κ2) is 5.88. The van der Waals surface area contributed by atoms with E-state index in [-0.39, 0.29) is 12.1 Å². The van der Waals surface area contributed by atoms with Crippen LogP contribution in [0.4, 0.5) is 5.82 Å². The molecule has 0 aliphatic carbocycles. The molecule has 2 aliphatic heterocycles. The molecule has 122 valence electrons. The largest absolute Gasteiger partial charge is 0.368 e. The summed E-state index contributed by atoms with van der Waals surface area (Å²) in [6.45, 7) is 6.53. The van der Waals surface area contributed by atoms with Gasteiger partial charge in [-0.15, -0.1) is 5.10 Å². The van der Waals surface area contributed by atoms with E-state index in [4.69, 9.17) is 9.72 Å². The first kappa shape index (κ1) is 14.6. The van der Waals surface area contributed by atoms with E-state index < -0.39 is 0 Å². The van der Waals surface area contributed by atoms with Crippen molar-refractivity contribution < 1.29 is 4.74 Å². The van der Waals surface area contributed by atoms with Gasteiger partial charge in [-0.3, -0.25) is 0 Å². The number of rotatable bonds is 3. The third kappa shape index (κ3) is 2.59. The van der Waals surface area contributed by atoms with E-state index in [1.54, 1.807) is 6.20 Å². The molecule has 0 spiro atoms. The van der Waals surface area contributed by atoms with Crippen LogP contribution in [0.25, 0.3) is 0 Å². The van der Waals surface area contributed by atoms with Gasteiger partial charge in [0.25, 0.3) is 0 Å². The summed E-state index contributed by atoms with van der Waals surface area (Å²) >= 11 is 0. The molecule has 0 radical (unpaired) electrons. The zero-order chi connectivity index (χ0) is 15.8. The molecule has 1 saturated heterocycles. The van der Waals surface area contributed by atoms with E-state index >= 15 is 0 Å². The van der Waals surface area contributed by atoms with Crippen molar-refractivity contribution in [3.05, 3.63) is 29.5 Å². The Morgan fingerprint density at radius 2 is 2.26 bits per heavy atom. The van der Waals surface area contributed by atoms with Gasteiger partial charge in [-0.2, -0.15) is 0 Å². The fraction of sp³-hybridized carbons (Fsp3) is 0.625. The topological polar surface area (TPSA) is 69.0 Å². The van der Waals surface area contributed by atoms with Crippen LogP contribution in [0.5, 0.6) is 0 Å². The highest BCUT2D eigenvalue weighted by molar-refractivity contribution is 5.47. The normalized spacial score (nSPS) is 23.5. The van der Waals surface area contributed by atoms with E-state index in [0.717, 1.165) is 49.7 Å². The molecular weight excluding hydrogens is 292 g/mol. The Morgan fingerprint density at radius 1 is 1.35 bits per heavy atom. The first-order valence-electron chi connectivity index (χ1n) is 8.34. The van der Waals surface area contributed by atoms with Crippen LogP contribution < -0.4 is 4.90 Å². The Labute approximate surface area is 135 Å². The van der Waals surface area contributed by atoms with Crippen LogP contribution in [0.3, 0.4) is 0 Å². The Kier molecular flexibility index (Phi) is 3.72. The molecule has 4 rings (SSSR count). The van der Waals surface area contributed by atoms with Gasteiger partial charge in [-0.05, 0) is 19.8 Å². The van der Waals surface area contributed by atoms with Gasteiger partial charge in [0.2, 0.25) is 0 Å². The van der Waals surface area contributed by atoms with Gasteiger partial charge in [0.15, 0.2) is 0 Å². The van der Waals surface area contributed by atoms with Crippen molar-refractivity contribution >= 4 is 5.82 Å². The molecule has 0 amide bonds. The third-order valence-electron chi connectivity index (χ3n) is 4.71. The first-order valence-corrected chi connectivity index (χ1v) is 8.34. The zero-order valence-corrected chi connectivity index (χ0v) is 13.6. The molecule has 4 heterocycles. The Balaban J connectivity index is 1.59. The molecule has 7 nitrogen and oxygen atoms in total. The first-order chi connectivity index (χ1) is 11.3. The van der Waals surface area contributed by atoms with Gasteiger partial charge in [-0.25, -0.2) is 14.6 Å². The molecule has 2 aromatic rings. The number of aromatic nitrogens is 5. The molecule has 2 aromatic heterocycles. The monoisotopic (exact) mass is 314 g/mol. The molecule has 23 heavy (non-hydrogen) atoms. The number of piperidine rings is 1. The van der Waals surface area contributed by atoms with Crippen molar-refractivity contribution in [2.75, 3.05) is 18.0 Å². The van der Waals surface area contributed by atoms with E-state index in [0.29, 0.717) is 6.61 Å². The number of nitrogens with zero attached hydrogens (tertiary/aromatic N) is 6. The standard InChI is InChI=1S/C16H22N6O/c1-3-4-12-7-17-11(2)19-16(12)21-6-5-14-15(9-21)23-10-13-8-18-20-22(13)14/h7-8,14-15H,3-6,9-10H2,1-2H3/t14-,15-/m0/s1. The lowest BCUT2D eigenvalue weighted by Gasteiger charge is -2.41. The van der Waals surface area contributed by atoms with Crippen LogP contribution in [0.2, 0.25) is 0 Å². The van der Waals surface area contributed by atoms with Gasteiger partial charge in [0, 0.05) is 24.8 Å². The summed E-state index contributed by atoms with van der Waals surface area (Å²) < 4.78 is 8.11. The van der Waals surface area contributed by atoms with Crippen LogP contribution in [0.1, 0.15) is 42.9 Å². The van der Waals surface area contributed by atoms with Gasteiger partial charge < -0.3 is 9.64 Å². The molecule has 7 heteroatoms. The van der Waals surface area contributed by atoms with E-state index in [1.807, 2.05) is 17.8 Å². The summed E-state index contributed by atoms with van der Waals surface area (Å²) in [5, 5.41) is 8.26. The molecule has 0 unspecified atom stereocenters. The molecule has 0 bridgehead atoms. The summed E-state index contributed by atoms with van der Waals surface area (Å²) in [4.78, 5) is 11.4. The molecule has 0 aromatic carbocycles. The molecule has 0 saturated carbocycles. The van der Waals surface area contributed by atoms with Crippen LogP contribution in [0.15, 0.2) is 12.4 Å². The zero-order valence-electron chi connectivity index (χ0n) is 13.6. The Bertz CT molecular complexity index is 700. The predicted octanol–water partition coefficient (Wildman–Crippen LogP) is 1.68. The average Bonchev–Trinajstić information content (AvgIpc) is 3.05. The number of fused-ring (bicyclic) bond motifs is 3.